The summed E-state index contributed by atoms with van der Waals surface area (Å²) in [5.41, 5.74) is 0.201. The number of aromatic amines is 1. The molecule has 0 aromatic carbocycles. The van der Waals surface area contributed by atoms with E-state index in [0.717, 1.165) is 13.1 Å². The van der Waals surface area contributed by atoms with Gasteiger partial charge in [-0.1, -0.05) is 6.92 Å². The topological polar surface area (TPSA) is 96.7 Å². The third kappa shape index (κ3) is 2.97. The molecule has 0 spiro atoms. The van der Waals surface area contributed by atoms with Crippen LogP contribution in [0.3, 0.4) is 0 Å². The van der Waals surface area contributed by atoms with E-state index in [0.29, 0.717) is 23.9 Å². The number of hydrogen-bond donors (Lipinski definition) is 2. The summed E-state index contributed by atoms with van der Waals surface area (Å²) >= 11 is 0. The fourth-order valence-electron chi connectivity index (χ4n) is 1.29. The van der Waals surface area contributed by atoms with E-state index in [4.69, 9.17) is 4.42 Å². The maximum atomic E-state index is 10.8. The molecule has 0 radical (unpaired) electrons. The summed E-state index contributed by atoms with van der Waals surface area (Å²) in [7, 11) is 0. The van der Waals surface area contributed by atoms with Gasteiger partial charge >= 0.3 is 0 Å². The average molecular weight is 235 g/mol. The summed E-state index contributed by atoms with van der Waals surface area (Å²) in [6, 6.07) is 2.91. The second-order valence-corrected chi connectivity index (χ2v) is 3.41. The average Bonchev–Trinajstić information content (AvgIpc) is 2.79. The Balaban J connectivity index is 2.07. The van der Waals surface area contributed by atoms with Crippen molar-refractivity contribution in [2.24, 2.45) is 0 Å². The van der Waals surface area contributed by atoms with Crippen LogP contribution in [0, 0.1) is 0 Å². The standard InChI is InChI=1S/C10H13N5O2/c1-2-11-6-5-9-14-15-10(17-9)7-3-4-8(16)13-12-7/h3-4,11H,2,5-6H2,1H3,(H,13,16). The quantitative estimate of drug-likeness (QED) is 0.706. The van der Waals surface area contributed by atoms with Crippen LogP contribution in [0.5, 0.6) is 0 Å². The van der Waals surface area contributed by atoms with Crippen molar-refractivity contribution in [3.05, 3.63) is 28.4 Å². The number of rotatable bonds is 5. The molecule has 17 heavy (non-hydrogen) atoms. The Labute approximate surface area is 97.3 Å². The predicted octanol–water partition coefficient (Wildman–Crippen LogP) is -0.0281. The highest BCUT2D eigenvalue weighted by atomic mass is 16.4. The van der Waals surface area contributed by atoms with E-state index >= 15 is 0 Å². The number of likely N-dealkylation sites (N-methyl/N-ethyl adjacent to an activating group) is 1. The summed E-state index contributed by atoms with van der Waals surface area (Å²) in [6.45, 7) is 3.73. The van der Waals surface area contributed by atoms with E-state index in [2.05, 4.69) is 25.7 Å². The molecule has 0 atom stereocenters. The number of H-pyrrole nitrogens is 1. The molecule has 2 aromatic rings. The van der Waals surface area contributed by atoms with Gasteiger partial charge in [0, 0.05) is 19.0 Å². The molecule has 2 N–H and O–H groups in total. The van der Waals surface area contributed by atoms with Crippen LogP contribution in [0.1, 0.15) is 12.8 Å². The van der Waals surface area contributed by atoms with E-state index in [1.165, 1.54) is 6.07 Å². The van der Waals surface area contributed by atoms with E-state index in [1.807, 2.05) is 6.92 Å². The molecule has 0 aliphatic heterocycles. The smallest absolute Gasteiger partial charge is 0.268 e. The number of nitrogens with one attached hydrogen (secondary N) is 2. The molecule has 0 saturated heterocycles. The second kappa shape index (κ2) is 5.35. The van der Waals surface area contributed by atoms with Crippen LogP contribution in [0.25, 0.3) is 11.6 Å². The monoisotopic (exact) mass is 235 g/mol. The van der Waals surface area contributed by atoms with Crippen LogP contribution in [0.2, 0.25) is 0 Å². The third-order valence-corrected chi connectivity index (χ3v) is 2.13. The number of aromatic nitrogens is 4. The zero-order valence-corrected chi connectivity index (χ0v) is 9.43. The van der Waals surface area contributed by atoms with Gasteiger partial charge in [0.2, 0.25) is 5.89 Å². The van der Waals surface area contributed by atoms with Gasteiger partial charge in [-0.15, -0.1) is 10.2 Å². The third-order valence-electron chi connectivity index (χ3n) is 2.13. The lowest BCUT2D eigenvalue weighted by Gasteiger charge is -1.95. The van der Waals surface area contributed by atoms with Crippen LogP contribution < -0.4 is 10.9 Å². The van der Waals surface area contributed by atoms with Crippen LogP contribution in [0.4, 0.5) is 0 Å². The first-order valence-electron chi connectivity index (χ1n) is 5.39. The normalized spacial score (nSPS) is 10.6. The largest absolute Gasteiger partial charge is 0.419 e. The molecule has 7 heteroatoms. The van der Waals surface area contributed by atoms with E-state index < -0.39 is 0 Å². The van der Waals surface area contributed by atoms with Gasteiger partial charge in [-0.05, 0) is 12.6 Å². The lowest BCUT2D eigenvalue weighted by molar-refractivity contribution is 0.494. The summed E-state index contributed by atoms with van der Waals surface area (Å²) in [5, 5.41) is 17.0. The highest BCUT2D eigenvalue weighted by Gasteiger charge is 2.09. The molecule has 2 aromatic heterocycles. The predicted molar refractivity (Wildman–Crippen MR) is 60.4 cm³/mol. The zero-order chi connectivity index (χ0) is 12.1. The highest BCUT2D eigenvalue weighted by molar-refractivity contribution is 5.43. The van der Waals surface area contributed by atoms with E-state index in [-0.39, 0.29) is 5.56 Å². The molecule has 2 heterocycles. The van der Waals surface area contributed by atoms with Crippen LogP contribution in [0.15, 0.2) is 21.3 Å². The van der Waals surface area contributed by atoms with Gasteiger partial charge in [0.25, 0.3) is 11.4 Å². The van der Waals surface area contributed by atoms with Crippen molar-refractivity contribution in [1.29, 1.82) is 0 Å². The van der Waals surface area contributed by atoms with Crippen molar-refractivity contribution in [2.45, 2.75) is 13.3 Å². The Bertz CT molecular complexity index is 513. The molecule has 0 unspecified atom stereocenters. The lowest BCUT2D eigenvalue weighted by Crippen LogP contribution is -2.16. The van der Waals surface area contributed by atoms with Gasteiger partial charge in [-0.3, -0.25) is 4.79 Å². The summed E-state index contributed by atoms with van der Waals surface area (Å²) in [6.07, 6.45) is 0.671. The minimum absolute atomic E-state index is 0.263. The molecule has 7 nitrogen and oxygen atoms in total. The first kappa shape index (κ1) is 11.5. The Morgan fingerprint density at radius 2 is 2.29 bits per heavy atom. The molecule has 0 fully saturated rings. The fourth-order valence-corrected chi connectivity index (χ4v) is 1.29. The summed E-state index contributed by atoms with van der Waals surface area (Å²) < 4.78 is 5.41. The minimum atomic E-state index is -0.263. The van der Waals surface area contributed by atoms with Gasteiger partial charge < -0.3 is 9.73 Å². The molecule has 0 bridgehead atoms. The Hall–Kier alpha value is -2.02. The van der Waals surface area contributed by atoms with Crippen LogP contribution >= 0.6 is 0 Å². The van der Waals surface area contributed by atoms with Crippen molar-refractivity contribution in [2.75, 3.05) is 13.1 Å². The first-order valence-corrected chi connectivity index (χ1v) is 5.39. The lowest BCUT2D eigenvalue weighted by atomic mass is 10.4. The molecule has 0 saturated carbocycles. The molecule has 2 rings (SSSR count). The maximum absolute atomic E-state index is 10.8. The Morgan fingerprint density at radius 1 is 1.41 bits per heavy atom. The van der Waals surface area contributed by atoms with Gasteiger partial charge in [0.05, 0.1) is 0 Å². The first-order chi connectivity index (χ1) is 8.29. The summed E-state index contributed by atoms with van der Waals surface area (Å²) in [5.74, 6) is 0.863. The second-order valence-electron chi connectivity index (χ2n) is 3.41. The van der Waals surface area contributed by atoms with Gasteiger partial charge in [-0.25, -0.2) is 5.10 Å². The fraction of sp³-hybridized carbons (Fsp3) is 0.400. The molecule has 0 amide bonds. The molecule has 90 valence electrons. The van der Waals surface area contributed by atoms with Crippen molar-refractivity contribution in [1.82, 2.24) is 25.7 Å². The molecule has 0 aliphatic rings. The zero-order valence-electron chi connectivity index (χ0n) is 9.43. The van der Waals surface area contributed by atoms with E-state index in [9.17, 15) is 4.79 Å². The van der Waals surface area contributed by atoms with E-state index in [1.54, 1.807) is 6.07 Å². The number of nitrogens with zero attached hydrogens (tertiary/aromatic N) is 3. The molecule has 0 aliphatic carbocycles. The molecular weight excluding hydrogens is 222 g/mol. The number of hydrogen-bond acceptors (Lipinski definition) is 6. The Kier molecular flexibility index (Phi) is 3.61. The maximum Gasteiger partial charge on any atom is 0.268 e. The highest BCUT2D eigenvalue weighted by Crippen LogP contribution is 2.12. The van der Waals surface area contributed by atoms with Crippen molar-refractivity contribution in [3.63, 3.8) is 0 Å². The minimum Gasteiger partial charge on any atom is -0.419 e. The van der Waals surface area contributed by atoms with Crippen LogP contribution in [-0.4, -0.2) is 33.5 Å². The van der Waals surface area contributed by atoms with Gasteiger partial charge in [0.15, 0.2) is 0 Å². The van der Waals surface area contributed by atoms with Gasteiger partial charge in [0.1, 0.15) is 5.69 Å². The summed E-state index contributed by atoms with van der Waals surface area (Å²) in [4.78, 5) is 10.8. The SMILES string of the molecule is CCNCCc1nnc(-c2ccc(=O)[nH]n2)o1. The Morgan fingerprint density at radius 3 is 3.00 bits per heavy atom. The van der Waals surface area contributed by atoms with Crippen molar-refractivity contribution in [3.8, 4) is 11.6 Å². The molecular formula is C10H13N5O2. The van der Waals surface area contributed by atoms with Gasteiger partial charge in [-0.2, -0.15) is 5.10 Å². The van der Waals surface area contributed by atoms with Crippen molar-refractivity contribution >= 4 is 0 Å². The van der Waals surface area contributed by atoms with Crippen LogP contribution in [-0.2, 0) is 6.42 Å². The van der Waals surface area contributed by atoms with Crippen molar-refractivity contribution < 1.29 is 4.42 Å².